The van der Waals surface area contributed by atoms with Gasteiger partial charge in [-0.3, -0.25) is 4.79 Å². The maximum atomic E-state index is 12.6. The van der Waals surface area contributed by atoms with Gasteiger partial charge in [-0.1, -0.05) is 20.8 Å². The summed E-state index contributed by atoms with van der Waals surface area (Å²) in [5.74, 6) is 1.23. The van der Waals surface area contributed by atoms with E-state index in [1.165, 1.54) is 0 Å². The first-order valence-electron chi connectivity index (χ1n) is 8.87. The second-order valence-corrected chi connectivity index (χ2v) is 7.98. The van der Waals surface area contributed by atoms with Crippen LogP contribution in [0.2, 0.25) is 0 Å². The van der Waals surface area contributed by atoms with Gasteiger partial charge >= 0.3 is 0 Å². The Balaban J connectivity index is 1.88. The van der Waals surface area contributed by atoms with E-state index in [1.807, 2.05) is 56.5 Å². The molecule has 0 spiro atoms. The summed E-state index contributed by atoms with van der Waals surface area (Å²) >= 11 is 0. The van der Waals surface area contributed by atoms with Gasteiger partial charge in [-0.2, -0.15) is 0 Å². The first-order chi connectivity index (χ1) is 11.8. The predicted octanol–water partition coefficient (Wildman–Crippen LogP) is 2.94. The van der Waals surface area contributed by atoms with Crippen molar-refractivity contribution in [3.63, 3.8) is 0 Å². The molecule has 0 N–H and O–H groups in total. The standard InChI is InChI=1S/C19H27N5O/c1-13-9-15(16-10-20-12-23(16)5)22-17(21-13)14-7-6-8-24(11-14)18(25)19(2,3)4/h9-10,12,14H,6-8,11H2,1-5H3. The largest absolute Gasteiger partial charge is 0.342 e. The number of rotatable bonds is 2. The Bertz CT molecular complexity index is 774. The van der Waals surface area contributed by atoms with Crippen LogP contribution < -0.4 is 0 Å². The Morgan fingerprint density at radius 2 is 2.04 bits per heavy atom. The number of hydrogen-bond donors (Lipinski definition) is 0. The predicted molar refractivity (Wildman–Crippen MR) is 97.0 cm³/mol. The van der Waals surface area contributed by atoms with Gasteiger partial charge in [0.25, 0.3) is 0 Å². The second kappa shape index (κ2) is 6.58. The molecule has 134 valence electrons. The number of carbonyl (C=O) groups excluding carboxylic acids is 1. The Morgan fingerprint density at radius 1 is 1.28 bits per heavy atom. The van der Waals surface area contributed by atoms with Crippen LogP contribution in [0.5, 0.6) is 0 Å². The van der Waals surface area contributed by atoms with Gasteiger partial charge in [-0.25, -0.2) is 15.0 Å². The summed E-state index contributed by atoms with van der Waals surface area (Å²) in [4.78, 5) is 28.3. The Labute approximate surface area is 149 Å². The summed E-state index contributed by atoms with van der Waals surface area (Å²) in [6, 6.07) is 1.99. The highest BCUT2D eigenvalue weighted by Gasteiger charge is 2.32. The molecule has 3 heterocycles. The molecule has 1 saturated heterocycles. The van der Waals surface area contributed by atoms with E-state index in [1.54, 1.807) is 6.33 Å². The van der Waals surface area contributed by atoms with E-state index in [9.17, 15) is 4.79 Å². The molecule has 25 heavy (non-hydrogen) atoms. The van der Waals surface area contributed by atoms with Crippen molar-refractivity contribution < 1.29 is 4.79 Å². The lowest BCUT2D eigenvalue weighted by Crippen LogP contribution is -2.44. The van der Waals surface area contributed by atoms with Crippen molar-refractivity contribution in [2.45, 2.75) is 46.5 Å². The molecule has 0 aliphatic carbocycles. The van der Waals surface area contributed by atoms with Crippen molar-refractivity contribution in [1.29, 1.82) is 0 Å². The van der Waals surface area contributed by atoms with Crippen molar-refractivity contribution in [1.82, 2.24) is 24.4 Å². The molecular formula is C19H27N5O. The number of nitrogens with zero attached hydrogens (tertiary/aromatic N) is 5. The van der Waals surface area contributed by atoms with Crippen LogP contribution >= 0.6 is 0 Å². The van der Waals surface area contributed by atoms with Crippen molar-refractivity contribution in [3.8, 4) is 11.4 Å². The molecule has 3 rings (SSSR count). The first kappa shape index (κ1) is 17.6. The SMILES string of the molecule is Cc1cc(-c2cncn2C)nc(C2CCCN(C(=O)C(C)(C)C)C2)n1. The zero-order valence-corrected chi connectivity index (χ0v) is 15.8. The molecule has 0 radical (unpaired) electrons. The third kappa shape index (κ3) is 3.72. The summed E-state index contributed by atoms with van der Waals surface area (Å²) in [5.41, 5.74) is 2.46. The van der Waals surface area contributed by atoms with Crippen LogP contribution in [0.3, 0.4) is 0 Å². The first-order valence-corrected chi connectivity index (χ1v) is 8.87. The van der Waals surface area contributed by atoms with E-state index >= 15 is 0 Å². The fourth-order valence-corrected chi connectivity index (χ4v) is 3.36. The molecule has 1 aliphatic rings. The molecule has 0 bridgehead atoms. The Kier molecular flexibility index (Phi) is 4.62. The van der Waals surface area contributed by atoms with E-state index in [-0.39, 0.29) is 17.2 Å². The average molecular weight is 341 g/mol. The van der Waals surface area contributed by atoms with Crippen LogP contribution in [0, 0.1) is 12.3 Å². The highest BCUT2D eigenvalue weighted by atomic mass is 16.2. The molecule has 1 atom stereocenters. The number of hydrogen-bond acceptors (Lipinski definition) is 4. The van der Waals surface area contributed by atoms with Gasteiger partial charge in [0.2, 0.25) is 5.91 Å². The molecule has 1 amide bonds. The van der Waals surface area contributed by atoms with E-state index in [4.69, 9.17) is 4.98 Å². The van der Waals surface area contributed by atoms with E-state index in [2.05, 4.69) is 9.97 Å². The summed E-state index contributed by atoms with van der Waals surface area (Å²) in [5, 5.41) is 0. The third-order valence-electron chi connectivity index (χ3n) is 4.67. The zero-order chi connectivity index (χ0) is 18.2. The summed E-state index contributed by atoms with van der Waals surface area (Å²) in [6.07, 6.45) is 5.60. The van der Waals surface area contributed by atoms with Crippen LogP contribution in [0.15, 0.2) is 18.6 Å². The lowest BCUT2D eigenvalue weighted by Gasteiger charge is -2.36. The van der Waals surface area contributed by atoms with Crippen LogP contribution in [-0.4, -0.2) is 43.4 Å². The van der Waals surface area contributed by atoms with Crippen molar-refractivity contribution in [2.24, 2.45) is 12.5 Å². The van der Waals surface area contributed by atoms with Gasteiger partial charge in [0.15, 0.2) is 0 Å². The lowest BCUT2D eigenvalue weighted by atomic mass is 9.91. The minimum Gasteiger partial charge on any atom is -0.342 e. The van der Waals surface area contributed by atoms with E-state index in [0.29, 0.717) is 6.54 Å². The third-order valence-corrected chi connectivity index (χ3v) is 4.67. The number of carbonyl (C=O) groups is 1. The zero-order valence-electron chi connectivity index (χ0n) is 15.8. The number of aromatic nitrogens is 4. The smallest absolute Gasteiger partial charge is 0.227 e. The molecule has 1 aliphatic heterocycles. The molecule has 6 nitrogen and oxygen atoms in total. The fraction of sp³-hybridized carbons (Fsp3) is 0.579. The quantitative estimate of drug-likeness (QED) is 0.842. The minimum absolute atomic E-state index is 0.187. The molecule has 1 unspecified atom stereocenters. The molecule has 0 aromatic carbocycles. The van der Waals surface area contributed by atoms with Crippen molar-refractivity contribution in [3.05, 3.63) is 30.1 Å². The number of imidazole rings is 1. The number of likely N-dealkylation sites (tertiary alicyclic amines) is 1. The van der Waals surface area contributed by atoms with E-state index in [0.717, 1.165) is 42.3 Å². The topological polar surface area (TPSA) is 63.9 Å². The molecule has 0 saturated carbocycles. The molecular weight excluding hydrogens is 314 g/mol. The number of piperidine rings is 1. The monoisotopic (exact) mass is 341 g/mol. The van der Waals surface area contributed by atoms with Gasteiger partial charge < -0.3 is 9.47 Å². The van der Waals surface area contributed by atoms with E-state index < -0.39 is 0 Å². The highest BCUT2D eigenvalue weighted by molar-refractivity contribution is 5.81. The van der Waals surface area contributed by atoms with Gasteiger partial charge in [0, 0.05) is 37.2 Å². The number of amides is 1. The Morgan fingerprint density at radius 3 is 2.68 bits per heavy atom. The minimum atomic E-state index is -0.352. The van der Waals surface area contributed by atoms with Crippen LogP contribution in [-0.2, 0) is 11.8 Å². The second-order valence-electron chi connectivity index (χ2n) is 7.98. The van der Waals surface area contributed by atoms with Crippen LogP contribution in [0.1, 0.15) is 51.0 Å². The molecule has 1 fully saturated rings. The van der Waals surface area contributed by atoms with Crippen molar-refractivity contribution >= 4 is 5.91 Å². The summed E-state index contributed by atoms with van der Waals surface area (Å²) < 4.78 is 1.96. The van der Waals surface area contributed by atoms with Crippen molar-refractivity contribution in [2.75, 3.05) is 13.1 Å². The van der Waals surface area contributed by atoms with Gasteiger partial charge in [-0.15, -0.1) is 0 Å². The number of aryl methyl sites for hydroxylation is 2. The molecule has 2 aromatic heterocycles. The maximum Gasteiger partial charge on any atom is 0.227 e. The Hall–Kier alpha value is -2.24. The lowest BCUT2D eigenvalue weighted by molar-refractivity contribution is -0.140. The molecule has 2 aromatic rings. The van der Waals surface area contributed by atoms with Crippen LogP contribution in [0.25, 0.3) is 11.4 Å². The summed E-state index contributed by atoms with van der Waals surface area (Å²) in [6.45, 7) is 9.44. The normalized spacial score (nSPS) is 18.4. The average Bonchev–Trinajstić information content (AvgIpc) is 2.99. The van der Waals surface area contributed by atoms with Gasteiger partial charge in [0.1, 0.15) is 5.82 Å². The molecule has 6 heteroatoms. The highest BCUT2D eigenvalue weighted by Crippen LogP contribution is 2.29. The van der Waals surface area contributed by atoms with Crippen LogP contribution in [0.4, 0.5) is 0 Å². The van der Waals surface area contributed by atoms with Gasteiger partial charge in [-0.05, 0) is 25.8 Å². The summed E-state index contributed by atoms with van der Waals surface area (Å²) in [7, 11) is 1.96. The maximum absolute atomic E-state index is 12.6. The fourth-order valence-electron chi connectivity index (χ4n) is 3.36. The van der Waals surface area contributed by atoms with Gasteiger partial charge in [0.05, 0.1) is 23.9 Å².